The molecule has 5 N–H and O–H groups in total. The van der Waals surface area contributed by atoms with Gasteiger partial charge in [-0.2, -0.15) is 0 Å². The smallest absolute Gasteiger partial charge is 0.187 e. The van der Waals surface area contributed by atoms with Gasteiger partial charge >= 0.3 is 0 Å². The van der Waals surface area contributed by atoms with E-state index < -0.39 is 73.9 Å². The van der Waals surface area contributed by atoms with Crippen molar-refractivity contribution in [3.05, 3.63) is 0 Å². The summed E-state index contributed by atoms with van der Waals surface area (Å²) in [6.45, 7) is -0.778. The fourth-order valence-electron chi connectivity index (χ4n) is 3.39. The number of ether oxygens (including phenoxy) is 5. The standard InChI is InChI=1S/C16H27NO12/c1-25-12-9(21)10(22)16(29-13(12)14(23)24)28-11-7(17-3-4-18)15(26-2)27-6(5-19)8(11)20/h4,6-13,15-17,19-22H,3,5H2,1-2H3,(H,23,24)/p-1. The molecule has 2 rings (SSSR count). The number of nitrogens with one attached hydrogen (secondary N) is 1. The maximum Gasteiger partial charge on any atom is 0.187 e. The summed E-state index contributed by atoms with van der Waals surface area (Å²) in [6, 6.07) is -0.975. The predicted octanol–water partition coefficient (Wildman–Crippen LogP) is -5.54. The lowest BCUT2D eigenvalue weighted by molar-refractivity contribution is -0.365. The average Bonchev–Trinajstić information content (AvgIpc) is 2.71. The van der Waals surface area contributed by atoms with E-state index in [0.29, 0.717) is 6.29 Å². The van der Waals surface area contributed by atoms with Crippen LogP contribution in [0.4, 0.5) is 0 Å². The zero-order valence-electron chi connectivity index (χ0n) is 15.8. The second-order valence-corrected chi connectivity index (χ2v) is 6.58. The van der Waals surface area contributed by atoms with Crippen LogP contribution in [0.5, 0.6) is 0 Å². The highest BCUT2D eigenvalue weighted by atomic mass is 16.7. The molecule has 0 aromatic heterocycles. The van der Waals surface area contributed by atoms with Crippen LogP contribution >= 0.6 is 0 Å². The number of carbonyl (C=O) groups excluding carboxylic acids is 2. The van der Waals surface area contributed by atoms with Crippen molar-refractivity contribution in [3.8, 4) is 0 Å². The van der Waals surface area contributed by atoms with E-state index in [-0.39, 0.29) is 6.54 Å². The molecule has 2 heterocycles. The summed E-state index contributed by atoms with van der Waals surface area (Å²) in [5.74, 6) is -1.71. The Hall–Kier alpha value is -1.26. The van der Waals surface area contributed by atoms with E-state index in [4.69, 9.17) is 23.7 Å². The molecule has 0 radical (unpaired) electrons. The summed E-state index contributed by atoms with van der Waals surface area (Å²) in [5.41, 5.74) is 0. The number of carbonyl (C=O) groups is 2. The molecular formula is C16H26NO12-. The number of hydrogen-bond acceptors (Lipinski definition) is 13. The first-order valence-electron chi connectivity index (χ1n) is 8.85. The normalized spacial score (nSPS) is 43.1. The number of aliphatic hydroxyl groups is 4. The first-order chi connectivity index (χ1) is 13.8. The number of aliphatic hydroxyl groups excluding tert-OH is 4. The Bertz CT molecular complexity index is 550. The molecule has 168 valence electrons. The molecule has 10 atom stereocenters. The van der Waals surface area contributed by atoms with E-state index in [1.807, 2.05) is 0 Å². The van der Waals surface area contributed by atoms with Crippen LogP contribution in [0, 0.1) is 0 Å². The average molecular weight is 424 g/mol. The van der Waals surface area contributed by atoms with Gasteiger partial charge in [0.2, 0.25) is 0 Å². The first kappa shape index (κ1) is 24.0. The molecule has 2 fully saturated rings. The van der Waals surface area contributed by atoms with Gasteiger partial charge in [-0.15, -0.1) is 0 Å². The van der Waals surface area contributed by atoms with Gasteiger partial charge < -0.3 is 64.1 Å². The van der Waals surface area contributed by atoms with Crippen LogP contribution in [-0.4, -0.2) is 121 Å². The van der Waals surface area contributed by atoms with Gasteiger partial charge in [-0.3, -0.25) is 0 Å². The van der Waals surface area contributed by atoms with Crippen molar-refractivity contribution in [1.82, 2.24) is 5.32 Å². The molecule has 13 nitrogen and oxygen atoms in total. The van der Waals surface area contributed by atoms with Crippen molar-refractivity contribution in [2.24, 2.45) is 0 Å². The SMILES string of the molecule is COC1OC(CO)C(O)C(OC2OC(C(=O)[O-])C(OC)C(O)C2O)C1NCC=O. The molecule has 0 amide bonds. The third-order valence-corrected chi connectivity index (χ3v) is 4.86. The van der Waals surface area contributed by atoms with E-state index in [2.05, 4.69) is 5.32 Å². The lowest BCUT2D eigenvalue weighted by Gasteiger charge is -2.47. The summed E-state index contributed by atoms with van der Waals surface area (Å²) in [5, 5.41) is 54.5. The molecule has 0 bridgehead atoms. The molecule has 2 aliphatic rings. The predicted molar refractivity (Wildman–Crippen MR) is 88.0 cm³/mol. The summed E-state index contributed by atoms with van der Waals surface area (Å²) in [4.78, 5) is 22.1. The lowest BCUT2D eigenvalue weighted by atomic mass is 9.95. The molecule has 10 unspecified atom stereocenters. The number of carboxylic acid groups (broad SMARTS) is 1. The Morgan fingerprint density at radius 2 is 1.76 bits per heavy atom. The number of aldehydes is 1. The third kappa shape index (κ3) is 5.08. The van der Waals surface area contributed by atoms with Gasteiger partial charge in [0.15, 0.2) is 12.6 Å². The Kier molecular flexibility index (Phi) is 8.84. The summed E-state index contributed by atoms with van der Waals surface area (Å²) >= 11 is 0. The van der Waals surface area contributed by atoms with Gasteiger partial charge in [0, 0.05) is 14.2 Å². The summed E-state index contributed by atoms with van der Waals surface area (Å²) in [6.07, 6.45) is -12.8. The number of hydrogen-bond donors (Lipinski definition) is 5. The zero-order valence-corrected chi connectivity index (χ0v) is 15.8. The van der Waals surface area contributed by atoms with Crippen molar-refractivity contribution in [2.45, 2.75) is 61.3 Å². The van der Waals surface area contributed by atoms with E-state index >= 15 is 0 Å². The minimum absolute atomic E-state index is 0.172. The molecule has 0 aliphatic carbocycles. The fraction of sp³-hybridized carbons (Fsp3) is 0.875. The summed E-state index contributed by atoms with van der Waals surface area (Å²) in [7, 11) is 2.41. The summed E-state index contributed by atoms with van der Waals surface area (Å²) < 4.78 is 26.2. The number of carboxylic acids is 1. The van der Waals surface area contributed by atoms with Gasteiger partial charge in [0.05, 0.1) is 25.2 Å². The van der Waals surface area contributed by atoms with Crippen molar-refractivity contribution < 1.29 is 58.8 Å². The van der Waals surface area contributed by atoms with Crippen molar-refractivity contribution in [3.63, 3.8) is 0 Å². The van der Waals surface area contributed by atoms with Crippen LogP contribution in [0.1, 0.15) is 0 Å². The molecule has 2 aliphatic heterocycles. The second kappa shape index (κ2) is 10.7. The monoisotopic (exact) mass is 424 g/mol. The highest BCUT2D eigenvalue weighted by Gasteiger charge is 2.51. The molecule has 2 saturated heterocycles. The van der Waals surface area contributed by atoms with Crippen LogP contribution in [0.3, 0.4) is 0 Å². The fourth-order valence-corrected chi connectivity index (χ4v) is 3.39. The van der Waals surface area contributed by atoms with Gasteiger partial charge in [-0.05, 0) is 0 Å². The van der Waals surface area contributed by atoms with E-state index in [0.717, 1.165) is 7.11 Å². The van der Waals surface area contributed by atoms with Crippen LogP contribution in [0.2, 0.25) is 0 Å². The Morgan fingerprint density at radius 1 is 1.07 bits per heavy atom. The topological polar surface area (TPSA) is 196 Å². The maximum absolute atomic E-state index is 11.3. The third-order valence-electron chi connectivity index (χ3n) is 4.86. The van der Waals surface area contributed by atoms with Gasteiger partial charge in [-0.1, -0.05) is 0 Å². The van der Waals surface area contributed by atoms with Crippen molar-refractivity contribution >= 4 is 12.3 Å². The minimum atomic E-state index is -1.77. The molecule has 0 spiro atoms. The van der Waals surface area contributed by atoms with E-state index in [9.17, 15) is 35.1 Å². The molecule has 29 heavy (non-hydrogen) atoms. The van der Waals surface area contributed by atoms with Crippen LogP contribution in [0.25, 0.3) is 0 Å². The van der Waals surface area contributed by atoms with Crippen LogP contribution in [0.15, 0.2) is 0 Å². The van der Waals surface area contributed by atoms with Crippen LogP contribution in [-0.2, 0) is 33.3 Å². The zero-order chi connectivity index (χ0) is 21.7. The highest BCUT2D eigenvalue weighted by Crippen LogP contribution is 2.30. The Balaban J connectivity index is 2.27. The van der Waals surface area contributed by atoms with Crippen LogP contribution < -0.4 is 10.4 Å². The minimum Gasteiger partial charge on any atom is -0.547 e. The maximum atomic E-state index is 11.3. The van der Waals surface area contributed by atoms with Crippen molar-refractivity contribution in [1.29, 1.82) is 0 Å². The quantitative estimate of drug-likeness (QED) is 0.220. The van der Waals surface area contributed by atoms with E-state index in [1.54, 1.807) is 0 Å². The molecule has 0 aromatic carbocycles. The number of rotatable bonds is 9. The van der Waals surface area contributed by atoms with Gasteiger partial charge in [0.25, 0.3) is 0 Å². The molecule has 0 saturated carbocycles. The Morgan fingerprint density at radius 3 is 2.28 bits per heavy atom. The number of aliphatic carboxylic acids is 1. The van der Waals surface area contributed by atoms with E-state index in [1.165, 1.54) is 7.11 Å². The highest BCUT2D eigenvalue weighted by molar-refractivity contribution is 5.71. The van der Waals surface area contributed by atoms with Crippen molar-refractivity contribution in [2.75, 3.05) is 27.4 Å². The molecular weight excluding hydrogens is 398 g/mol. The molecule has 0 aromatic rings. The lowest BCUT2D eigenvalue weighted by Crippen LogP contribution is -2.68. The molecule has 13 heteroatoms. The van der Waals surface area contributed by atoms with Gasteiger partial charge in [0.1, 0.15) is 49.0 Å². The second-order valence-electron chi connectivity index (χ2n) is 6.58. The Labute approximate surface area is 166 Å². The largest absolute Gasteiger partial charge is 0.547 e. The number of methoxy groups -OCH3 is 2. The van der Waals surface area contributed by atoms with Gasteiger partial charge in [-0.25, -0.2) is 0 Å². The first-order valence-corrected chi connectivity index (χ1v) is 8.85.